The lowest BCUT2D eigenvalue weighted by Gasteiger charge is -2.25. The summed E-state index contributed by atoms with van der Waals surface area (Å²) in [5.74, 6) is 0.822. The first kappa shape index (κ1) is 12.1. The molecule has 0 saturated heterocycles. The summed E-state index contributed by atoms with van der Waals surface area (Å²) >= 11 is 1.80. The lowest BCUT2D eigenvalue weighted by atomic mass is 9.91. The van der Waals surface area contributed by atoms with E-state index in [1.54, 1.807) is 11.3 Å². The van der Waals surface area contributed by atoms with E-state index >= 15 is 0 Å². The molecule has 0 aromatic carbocycles. The van der Waals surface area contributed by atoms with Crippen LogP contribution in [0.25, 0.3) is 0 Å². The van der Waals surface area contributed by atoms with Gasteiger partial charge in [0.15, 0.2) is 0 Å². The molecule has 1 aromatic rings. The zero-order valence-corrected chi connectivity index (χ0v) is 10.9. The molecule has 16 heavy (non-hydrogen) atoms. The van der Waals surface area contributed by atoms with E-state index in [4.69, 9.17) is 0 Å². The van der Waals surface area contributed by atoms with Crippen LogP contribution in [0.3, 0.4) is 0 Å². The Labute approximate surface area is 102 Å². The molecule has 1 heterocycles. The highest BCUT2D eigenvalue weighted by atomic mass is 32.1. The number of hydrogen-bond acceptors (Lipinski definition) is 3. The summed E-state index contributed by atoms with van der Waals surface area (Å²) in [5, 5.41) is 3.67. The predicted octanol–water partition coefficient (Wildman–Crippen LogP) is 3.24. The van der Waals surface area contributed by atoms with Crippen LogP contribution in [0.1, 0.15) is 43.9 Å². The van der Waals surface area contributed by atoms with E-state index in [0.717, 1.165) is 18.5 Å². The molecule has 1 aliphatic carbocycles. The van der Waals surface area contributed by atoms with Crippen molar-refractivity contribution in [2.24, 2.45) is 5.92 Å². The summed E-state index contributed by atoms with van der Waals surface area (Å²) in [6, 6.07) is 0.731. The van der Waals surface area contributed by atoms with Gasteiger partial charge in [0.25, 0.3) is 0 Å². The summed E-state index contributed by atoms with van der Waals surface area (Å²) in [6.07, 6.45) is 10.2. The summed E-state index contributed by atoms with van der Waals surface area (Å²) < 4.78 is 0. The van der Waals surface area contributed by atoms with Gasteiger partial charge in [0, 0.05) is 17.1 Å². The number of rotatable bonds is 4. The average Bonchev–Trinajstić information content (AvgIpc) is 2.69. The molecule has 1 N–H and O–H groups in total. The van der Waals surface area contributed by atoms with E-state index in [2.05, 4.69) is 17.2 Å². The quantitative estimate of drug-likeness (QED) is 0.815. The van der Waals surface area contributed by atoms with E-state index < -0.39 is 0 Å². The molecule has 2 unspecified atom stereocenters. The second-order valence-corrected chi connectivity index (χ2v) is 5.71. The summed E-state index contributed by atoms with van der Waals surface area (Å²) in [5.41, 5.74) is 1.95. The normalized spacial score (nSPS) is 26.6. The first-order chi connectivity index (χ1) is 7.90. The van der Waals surface area contributed by atoms with Crippen molar-refractivity contribution >= 4 is 11.3 Å². The SMILES string of the molecule is CCNC1CCCCCC1Cc1cncs1. The zero-order chi connectivity index (χ0) is 11.2. The molecule has 1 aromatic heterocycles. The van der Waals surface area contributed by atoms with Gasteiger partial charge in [-0.3, -0.25) is 4.98 Å². The van der Waals surface area contributed by atoms with Crippen LogP contribution in [0.15, 0.2) is 11.7 Å². The standard InChI is InChI=1S/C13H22N2S/c1-2-15-13-7-5-3-4-6-11(13)8-12-9-14-10-16-12/h9-11,13,15H,2-8H2,1H3. The van der Waals surface area contributed by atoms with Crippen LogP contribution in [-0.4, -0.2) is 17.6 Å². The minimum atomic E-state index is 0.731. The molecular weight excluding hydrogens is 216 g/mol. The van der Waals surface area contributed by atoms with E-state index in [1.165, 1.54) is 43.4 Å². The fourth-order valence-corrected chi connectivity index (χ4v) is 3.45. The minimum absolute atomic E-state index is 0.731. The van der Waals surface area contributed by atoms with Gasteiger partial charge in [-0.1, -0.05) is 26.2 Å². The van der Waals surface area contributed by atoms with Gasteiger partial charge in [-0.05, 0) is 31.7 Å². The van der Waals surface area contributed by atoms with Gasteiger partial charge in [0.1, 0.15) is 0 Å². The summed E-state index contributed by atoms with van der Waals surface area (Å²) in [6.45, 7) is 3.32. The van der Waals surface area contributed by atoms with E-state index in [1.807, 2.05) is 11.7 Å². The van der Waals surface area contributed by atoms with Crippen molar-refractivity contribution < 1.29 is 0 Å². The largest absolute Gasteiger partial charge is 0.314 e. The number of nitrogens with one attached hydrogen (secondary N) is 1. The number of hydrogen-bond donors (Lipinski definition) is 1. The highest BCUT2D eigenvalue weighted by Crippen LogP contribution is 2.27. The third-order valence-corrected chi connectivity index (χ3v) is 4.37. The molecule has 2 rings (SSSR count). The van der Waals surface area contributed by atoms with Crippen molar-refractivity contribution in [2.75, 3.05) is 6.54 Å². The number of aromatic nitrogens is 1. The Morgan fingerprint density at radius 2 is 2.25 bits per heavy atom. The summed E-state index contributed by atoms with van der Waals surface area (Å²) in [7, 11) is 0. The zero-order valence-electron chi connectivity index (χ0n) is 10.1. The first-order valence-electron chi connectivity index (χ1n) is 6.51. The fraction of sp³-hybridized carbons (Fsp3) is 0.769. The maximum absolute atomic E-state index is 4.18. The smallest absolute Gasteiger partial charge is 0.0794 e. The first-order valence-corrected chi connectivity index (χ1v) is 7.39. The van der Waals surface area contributed by atoms with Crippen molar-refractivity contribution in [1.82, 2.24) is 10.3 Å². The Morgan fingerprint density at radius 3 is 3.00 bits per heavy atom. The molecule has 0 amide bonds. The van der Waals surface area contributed by atoms with Crippen molar-refractivity contribution in [2.45, 2.75) is 51.5 Å². The number of nitrogens with zero attached hydrogens (tertiary/aromatic N) is 1. The molecule has 2 atom stereocenters. The Hall–Kier alpha value is -0.410. The van der Waals surface area contributed by atoms with Crippen LogP contribution in [0.4, 0.5) is 0 Å². The monoisotopic (exact) mass is 238 g/mol. The fourth-order valence-electron chi connectivity index (χ4n) is 2.76. The third kappa shape index (κ3) is 3.29. The maximum atomic E-state index is 4.18. The van der Waals surface area contributed by atoms with Crippen molar-refractivity contribution in [1.29, 1.82) is 0 Å². The molecule has 2 nitrogen and oxygen atoms in total. The van der Waals surface area contributed by atoms with Gasteiger partial charge < -0.3 is 5.32 Å². The molecule has 0 radical (unpaired) electrons. The van der Waals surface area contributed by atoms with Crippen molar-refractivity contribution in [3.8, 4) is 0 Å². The molecule has 1 fully saturated rings. The minimum Gasteiger partial charge on any atom is -0.314 e. The Morgan fingerprint density at radius 1 is 1.38 bits per heavy atom. The average molecular weight is 238 g/mol. The van der Waals surface area contributed by atoms with Crippen LogP contribution in [0, 0.1) is 5.92 Å². The lowest BCUT2D eigenvalue weighted by Crippen LogP contribution is -2.36. The molecule has 1 aliphatic rings. The molecule has 3 heteroatoms. The topological polar surface area (TPSA) is 24.9 Å². The number of thiazole rings is 1. The molecular formula is C13H22N2S. The van der Waals surface area contributed by atoms with Crippen LogP contribution in [0.2, 0.25) is 0 Å². The van der Waals surface area contributed by atoms with E-state index in [0.29, 0.717) is 0 Å². The second-order valence-electron chi connectivity index (χ2n) is 4.73. The predicted molar refractivity (Wildman–Crippen MR) is 69.9 cm³/mol. The van der Waals surface area contributed by atoms with Gasteiger partial charge in [-0.25, -0.2) is 0 Å². The molecule has 90 valence electrons. The molecule has 1 saturated carbocycles. The molecule has 0 aliphatic heterocycles. The van der Waals surface area contributed by atoms with Gasteiger partial charge in [0.2, 0.25) is 0 Å². The van der Waals surface area contributed by atoms with E-state index in [-0.39, 0.29) is 0 Å². The summed E-state index contributed by atoms with van der Waals surface area (Å²) in [4.78, 5) is 5.63. The van der Waals surface area contributed by atoms with Crippen LogP contribution in [-0.2, 0) is 6.42 Å². The van der Waals surface area contributed by atoms with Gasteiger partial charge in [-0.15, -0.1) is 11.3 Å². The van der Waals surface area contributed by atoms with Crippen molar-refractivity contribution in [3.63, 3.8) is 0 Å². The Balaban J connectivity index is 1.96. The molecule has 0 spiro atoms. The van der Waals surface area contributed by atoms with Crippen LogP contribution < -0.4 is 5.32 Å². The highest BCUT2D eigenvalue weighted by molar-refractivity contribution is 7.09. The third-order valence-electron chi connectivity index (χ3n) is 3.57. The second kappa shape index (κ2) is 6.36. The van der Waals surface area contributed by atoms with E-state index in [9.17, 15) is 0 Å². The van der Waals surface area contributed by atoms with Gasteiger partial charge >= 0.3 is 0 Å². The van der Waals surface area contributed by atoms with Crippen molar-refractivity contribution in [3.05, 3.63) is 16.6 Å². The van der Waals surface area contributed by atoms with Gasteiger partial charge in [0.05, 0.1) is 5.51 Å². The van der Waals surface area contributed by atoms with Crippen LogP contribution >= 0.6 is 11.3 Å². The maximum Gasteiger partial charge on any atom is 0.0794 e. The Kier molecular flexibility index (Phi) is 4.79. The highest BCUT2D eigenvalue weighted by Gasteiger charge is 2.23. The van der Waals surface area contributed by atoms with Crippen LogP contribution in [0.5, 0.6) is 0 Å². The van der Waals surface area contributed by atoms with Gasteiger partial charge in [-0.2, -0.15) is 0 Å². The Bertz CT molecular complexity index is 284. The lowest BCUT2D eigenvalue weighted by molar-refractivity contribution is 0.339. The molecule has 0 bridgehead atoms.